The van der Waals surface area contributed by atoms with Gasteiger partial charge >= 0.3 is 0 Å². The van der Waals surface area contributed by atoms with Crippen LogP contribution in [0.5, 0.6) is 5.75 Å². The van der Waals surface area contributed by atoms with Gasteiger partial charge in [-0.1, -0.05) is 18.2 Å². The van der Waals surface area contributed by atoms with Gasteiger partial charge in [-0.2, -0.15) is 0 Å². The monoisotopic (exact) mass is 407 g/mol. The lowest BCUT2D eigenvalue weighted by molar-refractivity contribution is -0.130. The van der Waals surface area contributed by atoms with Gasteiger partial charge in [-0.3, -0.25) is 14.6 Å². The van der Waals surface area contributed by atoms with E-state index in [1.165, 1.54) is 0 Å². The summed E-state index contributed by atoms with van der Waals surface area (Å²) in [5.41, 5.74) is 0.632. The molecule has 2 aliphatic rings. The van der Waals surface area contributed by atoms with E-state index in [2.05, 4.69) is 4.98 Å². The van der Waals surface area contributed by atoms with Crippen molar-refractivity contribution < 1.29 is 14.3 Å². The zero-order valence-electron chi connectivity index (χ0n) is 17.4. The fraction of sp³-hybridized carbons (Fsp3) is 0.458. The SMILES string of the molecule is CC(=O)N1CCC([C@@H]2CN(C(=O)c3cccnc3)C[C@H]2COc2ccccc2)CC1. The standard InChI is InChI=1S/C24H29N3O3/c1-18(28)26-12-9-19(10-13-26)23-16-27(24(29)20-6-5-11-25-14-20)15-21(23)17-30-22-7-3-2-4-8-22/h2-8,11,14,19,21,23H,9-10,12-13,15-17H2,1H3/t21-,23-/m0/s1. The summed E-state index contributed by atoms with van der Waals surface area (Å²) in [6.45, 7) is 5.27. The number of pyridine rings is 1. The number of benzene rings is 1. The lowest BCUT2D eigenvalue weighted by atomic mass is 9.78. The van der Waals surface area contributed by atoms with E-state index in [1.807, 2.05) is 46.2 Å². The van der Waals surface area contributed by atoms with Crippen molar-refractivity contribution in [2.24, 2.45) is 17.8 Å². The van der Waals surface area contributed by atoms with Gasteiger partial charge in [0.2, 0.25) is 5.91 Å². The van der Waals surface area contributed by atoms with Crippen LogP contribution in [0.1, 0.15) is 30.1 Å². The molecule has 0 unspecified atom stereocenters. The quantitative estimate of drug-likeness (QED) is 0.764. The molecule has 2 amide bonds. The Hall–Kier alpha value is -2.89. The first-order valence-electron chi connectivity index (χ1n) is 10.7. The number of amides is 2. The van der Waals surface area contributed by atoms with Gasteiger partial charge in [0.25, 0.3) is 5.91 Å². The van der Waals surface area contributed by atoms with Crippen molar-refractivity contribution in [2.75, 3.05) is 32.8 Å². The number of carbonyl (C=O) groups excluding carboxylic acids is 2. The zero-order valence-corrected chi connectivity index (χ0v) is 17.4. The Morgan fingerprint density at radius 3 is 2.47 bits per heavy atom. The molecule has 2 fully saturated rings. The van der Waals surface area contributed by atoms with E-state index >= 15 is 0 Å². The van der Waals surface area contributed by atoms with E-state index in [1.54, 1.807) is 25.4 Å². The first-order valence-corrected chi connectivity index (χ1v) is 10.7. The Balaban J connectivity index is 1.46. The topological polar surface area (TPSA) is 62.7 Å². The Morgan fingerprint density at radius 1 is 1.03 bits per heavy atom. The summed E-state index contributed by atoms with van der Waals surface area (Å²) < 4.78 is 6.09. The Morgan fingerprint density at radius 2 is 1.80 bits per heavy atom. The predicted octanol–water partition coefficient (Wildman–Crippen LogP) is 3.11. The first-order chi connectivity index (χ1) is 14.6. The summed E-state index contributed by atoms with van der Waals surface area (Å²) >= 11 is 0. The highest BCUT2D eigenvalue weighted by molar-refractivity contribution is 5.94. The van der Waals surface area contributed by atoms with Crippen LogP contribution in [0.15, 0.2) is 54.9 Å². The van der Waals surface area contributed by atoms with Crippen molar-refractivity contribution in [3.63, 3.8) is 0 Å². The van der Waals surface area contributed by atoms with Crippen LogP contribution in [0, 0.1) is 17.8 Å². The van der Waals surface area contributed by atoms with Crippen LogP contribution in [0.3, 0.4) is 0 Å². The molecule has 6 nitrogen and oxygen atoms in total. The van der Waals surface area contributed by atoms with Crippen LogP contribution >= 0.6 is 0 Å². The van der Waals surface area contributed by atoms with Crippen molar-refractivity contribution in [1.82, 2.24) is 14.8 Å². The van der Waals surface area contributed by atoms with Gasteiger partial charge in [-0.05, 0) is 48.9 Å². The van der Waals surface area contributed by atoms with Crippen LogP contribution in [0.2, 0.25) is 0 Å². The van der Waals surface area contributed by atoms with E-state index in [-0.39, 0.29) is 17.7 Å². The Bertz CT molecular complexity index is 851. The molecule has 2 aromatic rings. The van der Waals surface area contributed by atoms with E-state index in [9.17, 15) is 9.59 Å². The third-order valence-electron chi connectivity index (χ3n) is 6.49. The molecule has 3 heterocycles. The van der Waals surface area contributed by atoms with Gasteiger partial charge in [0, 0.05) is 51.4 Å². The molecule has 6 heteroatoms. The van der Waals surface area contributed by atoms with E-state index < -0.39 is 0 Å². The Kier molecular flexibility index (Phi) is 6.31. The molecule has 0 radical (unpaired) electrons. The molecule has 0 aliphatic carbocycles. The summed E-state index contributed by atoms with van der Waals surface area (Å²) in [4.78, 5) is 32.7. The molecule has 158 valence electrons. The van der Waals surface area contributed by atoms with Crippen LogP contribution in [-0.2, 0) is 4.79 Å². The highest BCUT2D eigenvalue weighted by Gasteiger charge is 2.41. The second-order valence-corrected chi connectivity index (χ2v) is 8.34. The van der Waals surface area contributed by atoms with Crippen molar-refractivity contribution in [3.8, 4) is 5.75 Å². The number of likely N-dealkylation sites (tertiary alicyclic amines) is 2. The molecule has 1 aromatic carbocycles. The molecule has 0 saturated carbocycles. The number of ether oxygens (including phenoxy) is 1. The predicted molar refractivity (Wildman–Crippen MR) is 114 cm³/mol. The molecular weight excluding hydrogens is 378 g/mol. The minimum Gasteiger partial charge on any atom is -0.493 e. The average molecular weight is 408 g/mol. The van der Waals surface area contributed by atoms with Gasteiger partial charge in [0.15, 0.2) is 0 Å². The molecule has 0 bridgehead atoms. The molecule has 2 saturated heterocycles. The average Bonchev–Trinajstić information content (AvgIpc) is 3.23. The van der Waals surface area contributed by atoms with Crippen molar-refractivity contribution in [1.29, 1.82) is 0 Å². The third-order valence-corrected chi connectivity index (χ3v) is 6.49. The molecule has 0 N–H and O–H groups in total. The number of nitrogens with zero attached hydrogens (tertiary/aromatic N) is 3. The van der Waals surface area contributed by atoms with Crippen LogP contribution in [0.4, 0.5) is 0 Å². The van der Waals surface area contributed by atoms with Gasteiger partial charge < -0.3 is 14.5 Å². The molecule has 4 rings (SSSR count). The number of carbonyl (C=O) groups is 2. The summed E-state index contributed by atoms with van der Waals surface area (Å²) in [5, 5.41) is 0. The smallest absolute Gasteiger partial charge is 0.255 e. The fourth-order valence-corrected chi connectivity index (χ4v) is 4.81. The van der Waals surface area contributed by atoms with Crippen LogP contribution < -0.4 is 4.74 Å². The molecule has 2 aliphatic heterocycles. The highest BCUT2D eigenvalue weighted by Crippen LogP contribution is 2.36. The summed E-state index contributed by atoms with van der Waals surface area (Å²) in [6, 6.07) is 13.5. The number of para-hydroxylation sites is 1. The maximum atomic E-state index is 13.0. The van der Waals surface area contributed by atoms with Crippen LogP contribution in [0.25, 0.3) is 0 Å². The second kappa shape index (κ2) is 9.28. The first kappa shape index (κ1) is 20.4. The van der Waals surface area contributed by atoms with Crippen molar-refractivity contribution in [2.45, 2.75) is 19.8 Å². The lowest BCUT2D eigenvalue weighted by Gasteiger charge is -2.36. The highest BCUT2D eigenvalue weighted by atomic mass is 16.5. The number of rotatable bonds is 5. The molecule has 1 aromatic heterocycles. The summed E-state index contributed by atoms with van der Waals surface area (Å²) in [5.74, 6) is 2.20. The van der Waals surface area contributed by atoms with E-state index in [4.69, 9.17) is 4.74 Å². The number of hydrogen-bond donors (Lipinski definition) is 0. The zero-order chi connectivity index (χ0) is 20.9. The molecular formula is C24H29N3O3. The Labute approximate surface area is 177 Å². The normalized spacial score (nSPS) is 22.2. The van der Waals surface area contributed by atoms with E-state index in [0.717, 1.165) is 38.2 Å². The van der Waals surface area contributed by atoms with Gasteiger partial charge in [0.05, 0.1) is 12.2 Å². The minimum absolute atomic E-state index is 0.0384. The van der Waals surface area contributed by atoms with Crippen molar-refractivity contribution in [3.05, 3.63) is 60.4 Å². The largest absolute Gasteiger partial charge is 0.493 e. The maximum Gasteiger partial charge on any atom is 0.255 e. The second-order valence-electron chi connectivity index (χ2n) is 8.34. The van der Waals surface area contributed by atoms with Gasteiger partial charge in [-0.15, -0.1) is 0 Å². The maximum absolute atomic E-state index is 13.0. The number of aromatic nitrogens is 1. The molecule has 30 heavy (non-hydrogen) atoms. The van der Waals surface area contributed by atoms with Gasteiger partial charge in [-0.25, -0.2) is 0 Å². The van der Waals surface area contributed by atoms with Crippen LogP contribution in [-0.4, -0.2) is 59.4 Å². The van der Waals surface area contributed by atoms with Gasteiger partial charge in [0.1, 0.15) is 5.75 Å². The van der Waals surface area contributed by atoms with Crippen molar-refractivity contribution >= 4 is 11.8 Å². The minimum atomic E-state index is 0.0384. The summed E-state index contributed by atoms with van der Waals surface area (Å²) in [7, 11) is 0. The number of hydrogen-bond acceptors (Lipinski definition) is 4. The number of piperidine rings is 1. The lowest BCUT2D eigenvalue weighted by Crippen LogP contribution is -2.40. The van der Waals surface area contributed by atoms with E-state index in [0.29, 0.717) is 30.6 Å². The molecule has 2 atom stereocenters. The fourth-order valence-electron chi connectivity index (χ4n) is 4.81. The third kappa shape index (κ3) is 4.64. The molecule has 0 spiro atoms. The summed E-state index contributed by atoms with van der Waals surface area (Å²) in [6.07, 6.45) is 5.29.